The van der Waals surface area contributed by atoms with Crippen LogP contribution >= 0.6 is 11.6 Å². The number of amidine groups is 1. The molecule has 2 amide bonds. The van der Waals surface area contributed by atoms with E-state index in [2.05, 4.69) is 10.4 Å². The molecule has 0 aromatic heterocycles. The number of anilines is 3. The predicted octanol–water partition coefficient (Wildman–Crippen LogP) is 3.82. The summed E-state index contributed by atoms with van der Waals surface area (Å²) < 4.78 is 59.0. The van der Waals surface area contributed by atoms with Crippen LogP contribution in [0, 0.1) is 5.82 Å². The lowest BCUT2D eigenvalue weighted by Gasteiger charge is -2.28. The van der Waals surface area contributed by atoms with Crippen molar-refractivity contribution < 1.29 is 31.9 Å². The quantitative estimate of drug-likeness (QED) is 0.510. The molecule has 2 aliphatic heterocycles. The number of rotatable bonds is 7. The largest absolute Gasteiger partial charge is 0.494 e. The fraction of sp³-hybridized carbons (Fsp3) is 0.400. The number of hydrogen-bond acceptors (Lipinski definition) is 7. The van der Waals surface area contributed by atoms with Gasteiger partial charge in [-0.25, -0.2) is 9.38 Å². The number of carbonyl (C=O) groups excluding carboxylic acids is 2. The molecule has 4 rings (SSSR count). The van der Waals surface area contributed by atoms with Crippen molar-refractivity contribution in [3.05, 3.63) is 47.2 Å². The maximum atomic E-state index is 13.6. The zero-order chi connectivity index (χ0) is 28.3. The SMILES string of the molecule is COc1cc(N2CCC(=O)N(CC(=O)N(CC(F)(F)F)c3ccc(F)c(Cl)c3)CC2)ccc1N1CN=C(C)N1. The zero-order valence-corrected chi connectivity index (χ0v) is 22.0. The molecule has 0 spiro atoms. The van der Waals surface area contributed by atoms with Crippen molar-refractivity contribution in [1.29, 1.82) is 0 Å². The predicted molar refractivity (Wildman–Crippen MR) is 140 cm³/mol. The Morgan fingerprint density at radius 1 is 1.18 bits per heavy atom. The van der Waals surface area contributed by atoms with Gasteiger partial charge < -0.3 is 19.4 Å². The fourth-order valence-electron chi connectivity index (χ4n) is 4.36. The molecule has 2 aromatic rings. The Morgan fingerprint density at radius 3 is 2.59 bits per heavy atom. The number of nitrogens with zero attached hydrogens (tertiary/aromatic N) is 5. The summed E-state index contributed by atoms with van der Waals surface area (Å²) in [6.07, 6.45) is -4.67. The van der Waals surface area contributed by atoms with Gasteiger partial charge in [0.25, 0.3) is 0 Å². The van der Waals surface area contributed by atoms with E-state index in [0.29, 0.717) is 30.4 Å². The first-order valence-corrected chi connectivity index (χ1v) is 12.4. The van der Waals surface area contributed by atoms with Gasteiger partial charge in [0.05, 0.1) is 12.1 Å². The van der Waals surface area contributed by atoms with Crippen LogP contribution in [0.2, 0.25) is 5.02 Å². The summed E-state index contributed by atoms with van der Waals surface area (Å²) in [4.78, 5) is 33.8. The van der Waals surface area contributed by atoms with Crippen LogP contribution in [0.15, 0.2) is 41.4 Å². The standard InChI is InChI=1S/C25H27ClF4N6O3/c1-16-31-15-36(32-16)21-6-4-17(12-22(21)39-2)33-8-7-23(37)34(10-9-33)13-24(38)35(14-25(28,29)30)18-3-5-20(27)19(26)11-18/h3-6,11-12H,7-10,13-15H2,1-2H3,(H,31,32). The highest BCUT2D eigenvalue weighted by molar-refractivity contribution is 6.31. The van der Waals surface area contributed by atoms with E-state index in [1.165, 1.54) is 4.90 Å². The van der Waals surface area contributed by atoms with Gasteiger partial charge in [-0.1, -0.05) is 11.6 Å². The lowest BCUT2D eigenvalue weighted by molar-refractivity contribution is -0.137. The highest BCUT2D eigenvalue weighted by Gasteiger charge is 2.35. The molecule has 0 radical (unpaired) electrons. The minimum atomic E-state index is -4.73. The third-order valence-corrected chi connectivity index (χ3v) is 6.62. The monoisotopic (exact) mass is 570 g/mol. The third-order valence-electron chi connectivity index (χ3n) is 6.33. The van der Waals surface area contributed by atoms with E-state index in [9.17, 15) is 27.2 Å². The molecule has 2 aliphatic rings. The number of methoxy groups -OCH3 is 1. The Kier molecular flexibility index (Phi) is 8.38. The van der Waals surface area contributed by atoms with Gasteiger partial charge in [-0.3, -0.25) is 20.0 Å². The molecule has 39 heavy (non-hydrogen) atoms. The molecule has 14 heteroatoms. The summed E-state index contributed by atoms with van der Waals surface area (Å²) >= 11 is 5.73. The average molecular weight is 571 g/mol. The number of halogens is 5. The van der Waals surface area contributed by atoms with Crippen LogP contribution in [0.5, 0.6) is 5.75 Å². The van der Waals surface area contributed by atoms with E-state index >= 15 is 0 Å². The van der Waals surface area contributed by atoms with E-state index < -0.39 is 36.0 Å². The van der Waals surface area contributed by atoms with E-state index in [-0.39, 0.29) is 24.6 Å². The highest BCUT2D eigenvalue weighted by atomic mass is 35.5. The molecule has 0 atom stereocenters. The van der Waals surface area contributed by atoms with Gasteiger partial charge in [0.2, 0.25) is 11.8 Å². The summed E-state index contributed by atoms with van der Waals surface area (Å²) in [5, 5.41) is 1.41. The first kappa shape index (κ1) is 28.3. The zero-order valence-electron chi connectivity index (χ0n) is 21.3. The number of carbonyl (C=O) groups is 2. The molecular formula is C25H27ClF4N6O3. The molecule has 0 unspecified atom stereocenters. The average Bonchev–Trinajstić information content (AvgIpc) is 3.24. The van der Waals surface area contributed by atoms with Crippen LogP contribution < -0.4 is 25.0 Å². The van der Waals surface area contributed by atoms with Crippen molar-refractivity contribution in [3.8, 4) is 5.75 Å². The van der Waals surface area contributed by atoms with E-state index in [0.717, 1.165) is 35.4 Å². The number of amides is 2. The lowest BCUT2D eigenvalue weighted by Crippen LogP contribution is -2.46. The summed E-state index contributed by atoms with van der Waals surface area (Å²) in [6.45, 7) is 0.897. The number of nitrogens with one attached hydrogen (secondary N) is 1. The smallest absolute Gasteiger partial charge is 0.406 e. The van der Waals surface area contributed by atoms with E-state index in [1.54, 1.807) is 7.11 Å². The van der Waals surface area contributed by atoms with Crippen molar-refractivity contribution >= 4 is 46.3 Å². The first-order chi connectivity index (χ1) is 18.4. The number of alkyl halides is 3. The lowest BCUT2D eigenvalue weighted by atomic mass is 10.2. The minimum Gasteiger partial charge on any atom is -0.494 e. The normalized spacial score (nSPS) is 16.1. The summed E-state index contributed by atoms with van der Waals surface area (Å²) in [6, 6.07) is 8.46. The molecule has 1 fully saturated rings. The number of hydrazine groups is 1. The first-order valence-electron chi connectivity index (χ1n) is 12.0. The second-order valence-corrected chi connectivity index (χ2v) is 9.43. The summed E-state index contributed by atoms with van der Waals surface area (Å²) in [5.41, 5.74) is 4.48. The van der Waals surface area contributed by atoms with Crippen LogP contribution in [-0.4, -0.2) is 75.2 Å². The van der Waals surface area contributed by atoms with E-state index in [1.807, 2.05) is 35.0 Å². The second kappa shape index (κ2) is 11.6. The molecule has 0 aliphatic carbocycles. The van der Waals surface area contributed by atoms with Crippen molar-refractivity contribution in [2.24, 2.45) is 4.99 Å². The molecule has 2 aromatic carbocycles. The molecule has 0 bridgehead atoms. The Morgan fingerprint density at radius 2 is 1.95 bits per heavy atom. The van der Waals surface area contributed by atoms with Crippen LogP contribution in [-0.2, 0) is 9.59 Å². The second-order valence-electron chi connectivity index (χ2n) is 9.03. The molecule has 1 N–H and O–H groups in total. The van der Waals surface area contributed by atoms with Crippen molar-refractivity contribution in [2.45, 2.75) is 19.5 Å². The fourth-order valence-corrected chi connectivity index (χ4v) is 4.54. The van der Waals surface area contributed by atoms with Crippen molar-refractivity contribution in [2.75, 3.05) is 61.3 Å². The number of hydrogen-bond donors (Lipinski definition) is 1. The van der Waals surface area contributed by atoms with E-state index in [4.69, 9.17) is 16.3 Å². The Balaban J connectivity index is 1.47. The van der Waals surface area contributed by atoms with Gasteiger partial charge >= 0.3 is 6.18 Å². The van der Waals surface area contributed by atoms with Crippen LogP contribution in [0.4, 0.5) is 34.6 Å². The Hall–Kier alpha value is -3.74. The van der Waals surface area contributed by atoms with Crippen molar-refractivity contribution in [3.63, 3.8) is 0 Å². The number of benzene rings is 2. The maximum Gasteiger partial charge on any atom is 0.406 e. The molecule has 9 nitrogen and oxygen atoms in total. The van der Waals surface area contributed by atoms with Crippen LogP contribution in [0.1, 0.15) is 13.3 Å². The summed E-state index contributed by atoms with van der Waals surface area (Å²) in [7, 11) is 1.55. The molecule has 210 valence electrons. The topological polar surface area (TPSA) is 80.7 Å². The van der Waals surface area contributed by atoms with Gasteiger partial charge in [0, 0.05) is 43.5 Å². The van der Waals surface area contributed by atoms with Gasteiger partial charge in [-0.15, -0.1) is 0 Å². The molecule has 2 heterocycles. The maximum absolute atomic E-state index is 13.6. The Labute approximate surface area is 227 Å². The minimum absolute atomic E-state index is 0.0553. The van der Waals surface area contributed by atoms with Crippen LogP contribution in [0.25, 0.3) is 0 Å². The highest BCUT2D eigenvalue weighted by Crippen LogP contribution is 2.33. The summed E-state index contributed by atoms with van der Waals surface area (Å²) in [5.74, 6) is -0.787. The molecular weight excluding hydrogens is 544 g/mol. The van der Waals surface area contributed by atoms with Crippen molar-refractivity contribution in [1.82, 2.24) is 10.3 Å². The van der Waals surface area contributed by atoms with Gasteiger partial charge in [0.15, 0.2) is 0 Å². The molecule has 0 saturated carbocycles. The third kappa shape index (κ3) is 6.83. The van der Waals surface area contributed by atoms with Crippen LogP contribution in [0.3, 0.4) is 0 Å². The van der Waals surface area contributed by atoms with Gasteiger partial charge in [0.1, 0.15) is 42.8 Å². The number of ether oxygens (including phenoxy) is 1. The van der Waals surface area contributed by atoms with Gasteiger partial charge in [-0.2, -0.15) is 13.2 Å². The Bertz CT molecular complexity index is 1270. The number of aliphatic imine (C=N–C) groups is 1. The molecule has 1 saturated heterocycles. The van der Waals surface area contributed by atoms with Gasteiger partial charge in [-0.05, 0) is 37.3 Å².